The first-order valence-corrected chi connectivity index (χ1v) is 7.60. The van der Waals surface area contributed by atoms with Gasteiger partial charge in [-0.05, 0) is 32.1 Å². The minimum atomic E-state index is -4.25. The molecule has 0 bridgehead atoms. The number of halogens is 4. The first-order valence-electron chi connectivity index (χ1n) is 7.60. The van der Waals surface area contributed by atoms with Crippen LogP contribution in [0.1, 0.15) is 33.1 Å². The van der Waals surface area contributed by atoms with Gasteiger partial charge in [0, 0.05) is 32.8 Å². The maximum atomic E-state index is 11.9. The van der Waals surface area contributed by atoms with Gasteiger partial charge in [-0.1, -0.05) is 6.92 Å². The summed E-state index contributed by atoms with van der Waals surface area (Å²) in [5.41, 5.74) is 0. The highest BCUT2D eigenvalue weighted by molar-refractivity contribution is 14.0. The highest BCUT2D eigenvalue weighted by atomic mass is 127. The van der Waals surface area contributed by atoms with E-state index in [4.69, 9.17) is 0 Å². The van der Waals surface area contributed by atoms with E-state index in [0.29, 0.717) is 18.9 Å². The predicted octanol–water partition coefficient (Wildman–Crippen LogP) is 3.27. The van der Waals surface area contributed by atoms with Gasteiger partial charge in [0.05, 0.1) is 0 Å². The minimum Gasteiger partial charge on any atom is -0.372 e. The Morgan fingerprint density at radius 2 is 2.14 bits per heavy atom. The molecule has 132 valence electrons. The van der Waals surface area contributed by atoms with Crippen molar-refractivity contribution in [2.45, 2.75) is 39.3 Å². The molecule has 1 saturated heterocycles. The lowest BCUT2D eigenvalue weighted by Crippen LogP contribution is -2.46. The number of likely N-dealkylation sites (tertiary alicyclic amines) is 1. The highest BCUT2D eigenvalue weighted by Gasteiger charge is 2.27. The number of aliphatic imine (C=N–C) groups is 1. The third-order valence-corrected chi connectivity index (χ3v) is 3.27. The van der Waals surface area contributed by atoms with Crippen LogP contribution in [0.25, 0.3) is 0 Å². The lowest BCUT2D eigenvalue weighted by atomic mass is 10.0. The Kier molecular flexibility index (Phi) is 11.2. The summed E-state index contributed by atoms with van der Waals surface area (Å²) in [6.45, 7) is 6.37. The molecule has 0 aromatic heterocycles. The Morgan fingerprint density at radius 3 is 2.73 bits per heavy atom. The fraction of sp³-hybridized carbons (Fsp3) is 0.929. The SMILES string of the molecule is CCNC(=NCCCOCC(F)(F)F)N1CCCC(C)C1.I. The van der Waals surface area contributed by atoms with Crippen LogP contribution in [0.4, 0.5) is 13.2 Å². The van der Waals surface area contributed by atoms with Gasteiger partial charge in [-0.3, -0.25) is 4.99 Å². The van der Waals surface area contributed by atoms with E-state index >= 15 is 0 Å². The highest BCUT2D eigenvalue weighted by Crippen LogP contribution is 2.16. The zero-order valence-corrected chi connectivity index (χ0v) is 15.6. The van der Waals surface area contributed by atoms with Crippen LogP contribution >= 0.6 is 24.0 Å². The summed E-state index contributed by atoms with van der Waals surface area (Å²) < 4.78 is 40.3. The summed E-state index contributed by atoms with van der Waals surface area (Å²) in [5, 5.41) is 3.24. The maximum absolute atomic E-state index is 11.9. The van der Waals surface area contributed by atoms with Gasteiger partial charge in [-0.15, -0.1) is 24.0 Å². The third-order valence-electron chi connectivity index (χ3n) is 3.27. The van der Waals surface area contributed by atoms with Crippen LogP contribution in [0.2, 0.25) is 0 Å². The number of guanidine groups is 1. The number of hydrogen-bond donors (Lipinski definition) is 1. The number of nitrogens with one attached hydrogen (secondary N) is 1. The second kappa shape index (κ2) is 11.3. The van der Waals surface area contributed by atoms with Crippen LogP contribution in [0.15, 0.2) is 4.99 Å². The van der Waals surface area contributed by atoms with Crippen molar-refractivity contribution in [3.8, 4) is 0 Å². The summed E-state index contributed by atoms with van der Waals surface area (Å²) >= 11 is 0. The molecule has 4 nitrogen and oxygen atoms in total. The van der Waals surface area contributed by atoms with Crippen molar-refractivity contribution in [1.29, 1.82) is 0 Å². The average Bonchev–Trinajstić information content (AvgIpc) is 2.40. The maximum Gasteiger partial charge on any atom is 0.411 e. The Labute approximate surface area is 147 Å². The topological polar surface area (TPSA) is 36.9 Å². The third kappa shape index (κ3) is 9.70. The number of rotatable bonds is 6. The molecule has 0 aliphatic carbocycles. The lowest BCUT2D eigenvalue weighted by Gasteiger charge is -2.33. The first kappa shape index (κ1) is 21.8. The summed E-state index contributed by atoms with van der Waals surface area (Å²) in [6.07, 6.45) is -1.36. The molecule has 1 fully saturated rings. The fourth-order valence-electron chi connectivity index (χ4n) is 2.35. The summed E-state index contributed by atoms with van der Waals surface area (Å²) in [6, 6.07) is 0. The zero-order valence-electron chi connectivity index (χ0n) is 13.3. The molecule has 0 amide bonds. The molecule has 1 atom stereocenters. The summed E-state index contributed by atoms with van der Waals surface area (Å²) in [7, 11) is 0. The summed E-state index contributed by atoms with van der Waals surface area (Å²) in [4.78, 5) is 6.71. The number of alkyl halides is 3. The molecule has 0 radical (unpaired) electrons. The van der Waals surface area contributed by atoms with Gasteiger partial charge < -0.3 is 15.0 Å². The fourth-order valence-corrected chi connectivity index (χ4v) is 2.35. The molecule has 1 aliphatic heterocycles. The van der Waals surface area contributed by atoms with Gasteiger partial charge in [0.1, 0.15) is 6.61 Å². The first-order chi connectivity index (χ1) is 9.92. The minimum absolute atomic E-state index is 0. The van der Waals surface area contributed by atoms with Gasteiger partial charge in [0.25, 0.3) is 0 Å². The Balaban J connectivity index is 0.00000441. The largest absolute Gasteiger partial charge is 0.411 e. The molecule has 0 aromatic carbocycles. The Morgan fingerprint density at radius 1 is 1.41 bits per heavy atom. The molecule has 1 unspecified atom stereocenters. The van der Waals surface area contributed by atoms with Gasteiger partial charge in [-0.2, -0.15) is 13.2 Å². The Bertz CT molecular complexity index is 327. The Hall–Kier alpha value is -0.250. The van der Waals surface area contributed by atoms with Crippen LogP contribution in [-0.2, 0) is 4.74 Å². The molecule has 0 saturated carbocycles. The second-order valence-corrected chi connectivity index (χ2v) is 5.45. The molecule has 0 aromatic rings. The van der Waals surface area contributed by atoms with Crippen molar-refractivity contribution in [2.24, 2.45) is 10.9 Å². The van der Waals surface area contributed by atoms with E-state index in [-0.39, 0.29) is 30.6 Å². The number of piperidine rings is 1. The van der Waals surface area contributed by atoms with Crippen LogP contribution in [0.3, 0.4) is 0 Å². The molecule has 1 rings (SSSR count). The van der Waals surface area contributed by atoms with E-state index in [1.54, 1.807) is 0 Å². The smallest absolute Gasteiger partial charge is 0.372 e. The van der Waals surface area contributed by atoms with Crippen LogP contribution in [0.5, 0.6) is 0 Å². The molecule has 1 heterocycles. The normalized spacial score (nSPS) is 19.8. The number of hydrogen-bond acceptors (Lipinski definition) is 2. The van der Waals surface area contributed by atoms with E-state index in [2.05, 4.69) is 26.9 Å². The number of nitrogens with zero attached hydrogens (tertiary/aromatic N) is 2. The quantitative estimate of drug-likeness (QED) is 0.300. The average molecular weight is 437 g/mol. The van der Waals surface area contributed by atoms with E-state index in [1.807, 2.05) is 6.92 Å². The second-order valence-electron chi connectivity index (χ2n) is 5.45. The van der Waals surface area contributed by atoms with Gasteiger partial charge >= 0.3 is 6.18 Å². The van der Waals surface area contributed by atoms with E-state index in [9.17, 15) is 13.2 Å². The molecule has 22 heavy (non-hydrogen) atoms. The monoisotopic (exact) mass is 437 g/mol. The van der Waals surface area contributed by atoms with Crippen LogP contribution < -0.4 is 5.32 Å². The van der Waals surface area contributed by atoms with Crippen LogP contribution in [0, 0.1) is 5.92 Å². The standard InChI is InChI=1S/C14H26F3N3O.HI/c1-3-18-13(20-8-4-6-12(2)10-20)19-7-5-9-21-11-14(15,16)17;/h12H,3-11H2,1-2H3,(H,18,19);1H. The van der Waals surface area contributed by atoms with Crippen molar-refractivity contribution >= 4 is 29.9 Å². The zero-order chi connectivity index (χ0) is 15.7. The predicted molar refractivity (Wildman–Crippen MR) is 92.9 cm³/mol. The molecule has 0 spiro atoms. The molecule has 1 N–H and O–H groups in total. The van der Waals surface area contributed by atoms with E-state index in [0.717, 1.165) is 32.0 Å². The van der Waals surface area contributed by atoms with Gasteiger partial charge in [-0.25, -0.2) is 0 Å². The van der Waals surface area contributed by atoms with Crippen molar-refractivity contribution in [3.05, 3.63) is 0 Å². The van der Waals surface area contributed by atoms with Crippen molar-refractivity contribution in [1.82, 2.24) is 10.2 Å². The number of ether oxygens (including phenoxy) is 1. The van der Waals surface area contributed by atoms with Crippen molar-refractivity contribution < 1.29 is 17.9 Å². The van der Waals surface area contributed by atoms with Crippen molar-refractivity contribution in [2.75, 3.05) is 39.4 Å². The van der Waals surface area contributed by atoms with E-state index < -0.39 is 12.8 Å². The molecule has 1 aliphatic rings. The van der Waals surface area contributed by atoms with Crippen molar-refractivity contribution in [3.63, 3.8) is 0 Å². The molecular formula is C14H27F3IN3O. The molecule has 8 heteroatoms. The lowest BCUT2D eigenvalue weighted by molar-refractivity contribution is -0.173. The van der Waals surface area contributed by atoms with Gasteiger partial charge in [0.15, 0.2) is 5.96 Å². The van der Waals surface area contributed by atoms with E-state index in [1.165, 1.54) is 6.42 Å². The van der Waals surface area contributed by atoms with Gasteiger partial charge in [0.2, 0.25) is 0 Å². The summed E-state index contributed by atoms with van der Waals surface area (Å²) in [5.74, 6) is 1.51. The van der Waals surface area contributed by atoms with Crippen LogP contribution in [-0.4, -0.2) is 56.4 Å². The molecular weight excluding hydrogens is 410 g/mol.